The number of hydrogen-bond acceptors (Lipinski definition) is 3. The van der Waals surface area contributed by atoms with Crippen molar-refractivity contribution < 1.29 is 40.0 Å². The molecule has 96 valence electrons. The maximum Gasteiger partial charge on any atom is 0.296 e. The Labute approximate surface area is 91.0 Å². The molecule has 0 saturated heterocycles. The summed E-state index contributed by atoms with van der Waals surface area (Å²) >= 11 is 0. The number of benzene rings is 1. The highest BCUT2D eigenvalue weighted by molar-refractivity contribution is 7.85. The summed E-state index contributed by atoms with van der Waals surface area (Å²) in [6.45, 7) is 0. The number of aliphatic hydroxyl groups excluding tert-OH is 1. The van der Waals surface area contributed by atoms with Gasteiger partial charge in [0.2, 0.25) is 11.3 Å². The monoisotopic (exact) mass is 278 g/mol. The first kappa shape index (κ1) is 13.8. The highest BCUT2D eigenvalue weighted by Gasteiger charge is 2.35. The largest absolute Gasteiger partial charge is 0.371 e. The van der Waals surface area contributed by atoms with E-state index in [0.717, 1.165) is 0 Å². The van der Waals surface area contributed by atoms with Crippen molar-refractivity contribution >= 4 is 10.1 Å². The first-order valence-corrected chi connectivity index (χ1v) is 5.25. The number of hydrogen-bond donors (Lipinski definition) is 2. The molecule has 0 amide bonds. The molecule has 0 heterocycles. The van der Waals surface area contributed by atoms with E-state index < -0.39 is 50.2 Å². The van der Waals surface area contributed by atoms with E-state index in [1.807, 2.05) is 0 Å². The van der Waals surface area contributed by atoms with Crippen molar-refractivity contribution in [3.05, 3.63) is 34.6 Å². The molecule has 17 heavy (non-hydrogen) atoms. The Morgan fingerprint density at radius 1 is 0.824 bits per heavy atom. The Kier molecular flexibility index (Phi) is 3.41. The topological polar surface area (TPSA) is 74.6 Å². The summed E-state index contributed by atoms with van der Waals surface area (Å²) in [6.07, 6.45) is 0. The molecule has 1 unspecified atom stereocenters. The summed E-state index contributed by atoms with van der Waals surface area (Å²) in [5, 5.41) is 8.78. The molecule has 0 aliphatic rings. The van der Waals surface area contributed by atoms with E-state index in [9.17, 15) is 30.4 Å². The standard InChI is InChI=1S/C7H3F5O4S/c8-2-1(7(13)17(14,15)16)3(9)5(11)6(12)4(2)10/h7,13H,(H,14,15,16). The van der Waals surface area contributed by atoms with E-state index in [1.54, 1.807) is 0 Å². The van der Waals surface area contributed by atoms with Gasteiger partial charge in [0.05, 0.1) is 5.56 Å². The fourth-order valence-electron chi connectivity index (χ4n) is 0.988. The second-order valence-electron chi connectivity index (χ2n) is 2.85. The minimum atomic E-state index is -5.43. The van der Waals surface area contributed by atoms with Crippen LogP contribution in [0.1, 0.15) is 11.0 Å². The van der Waals surface area contributed by atoms with Crippen molar-refractivity contribution in [1.29, 1.82) is 0 Å². The first-order chi connectivity index (χ1) is 7.59. The highest BCUT2D eigenvalue weighted by Crippen LogP contribution is 2.29. The lowest BCUT2D eigenvalue weighted by molar-refractivity contribution is 0.221. The minimum absolute atomic E-state index is 2.04. The van der Waals surface area contributed by atoms with Crippen molar-refractivity contribution in [2.24, 2.45) is 0 Å². The summed E-state index contributed by atoms with van der Waals surface area (Å²) in [7, 11) is -5.43. The van der Waals surface area contributed by atoms with E-state index >= 15 is 0 Å². The third-order valence-corrected chi connectivity index (χ3v) is 2.57. The Morgan fingerprint density at radius 2 is 1.12 bits per heavy atom. The number of rotatable bonds is 2. The van der Waals surface area contributed by atoms with Crippen molar-refractivity contribution in [1.82, 2.24) is 0 Å². The molecule has 0 bridgehead atoms. The van der Waals surface area contributed by atoms with Crippen LogP contribution in [0, 0.1) is 29.1 Å². The second kappa shape index (κ2) is 4.20. The van der Waals surface area contributed by atoms with Crippen LogP contribution in [0.5, 0.6) is 0 Å². The Morgan fingerprint density at radius 3 is 1.41 bits per heavy atom. The van der Waals surface area contributed by atoms with Crippen LogP contribution in [0.2, 0.25) is 0 Å². The maximum atomic E-state index is 12.9. The van der Waals surface area contributed by atoms with Crippen LogP contribution in [0.4, 0.5) is 22.0 Å². The molecule has 4 nitrogen and oxygen atoms in total. The molecule has 0 saturated carbocycles. The summed E-state index contributed by atoms with van der Waals surface area (Å²) in [4.78, 5) is 0. The molecule has 1 atom stereocenters. The van der Waals surface area contributed by atoms with Gasteiger partial charge in [-0.05, 0) is 0 Å². The molecule has 0 fully saturated rings. The van der Waals surface area contributed by atoms with E-state index in [-0.39, 0.29) is 0 Å². The van der Waals surface area contributed by atoms with Gasteiger partial charge in [0.15, 0.2) is 23.3 Å². The zero-order chi connectivity index (χ0) is 13.5. The fourth-order valence-corrected chi connectivity index (χ4v) is 1.49. The molecular weight excluding hydrogens is 275 g/mol. The second-order valence-corrected chi connectivity index (χ2v) is 4.33. The van der Waals surface area contributed by atoms with Crippen LogP contribution >= 0.6 is 0 Å². The molecule has 0 spiro atoms. The van der Waals surface area contributed by atoms with Gasteiger partial charge in [-0.15, -0.1) is 0 Å². The van der Waals surface area contributed by atoms with Crippen molar-refractivity contribution in [2.75, 3.05) is 0 Å². The Balaban J connectivity index is 3.67. The minimum Gasteiger partial charge on any atom is -0.371 e. The van der Waals surface area contributed by atoms with Crippen LogP contribution in [0.3, 0.4) is 0 Å². The molecule has 1 aromatic rings. The van der Waals surface area contributed by atoms with Crippen molar-refractivity contribution in [3.8, 4) is 0 Å². The quantitative estimate of drug-likeness (QED) is 0.369. The van der Waals surface area contributed by atoms with E-state index in [1.165, 1.54) is 0 Å². The van der Waals surface area contributed by atoms with Gasteiger partial charge in [0, 0.05) is 0 Å². The zero-order valence-corrected chi connectivity index (χ0v) is 8.40. The molecule has 2 N–H and O–H groups in total. The average Bonchev–Trinajstić information content (AvgIpc) is 2.22. The average molecular weight is 278 g/mol. The summed E-state index contributed by atoms with van der Waals surface area (Å²) in [6, 6.07) is 0. The predicted molar refractivity (Wildman–Crippen MR) is 42.7 cm³/mol. The van der Waals surface area contributed by atoms with Crippen LogP contribution < -0.4 is 0 Å². The smallest absolute Gasteiger partial charge is 0.296 e. The van der Waals surface area contributed by atoms with Gasteiger partial charge < -0.3 is 5.11 Å². The lowest BCUT2D eigenvalue weighted by atomic mass is 10.2. The van der Waals surface area contributed by atoms with E-state index in [4.69, 9.17) is 9.66 Å². The third-order valence-electron chi connectivity index (χ3n) is 1.77. The zero-order valence-electron chi connectivity index (χ0n) is 7.59. The maximum absolute atomic E-state index is 12.9. The normalized spacial score (nSPS) is 13.8. The summed E-state index contributed by atoms with van der Waals surface area (Å²) in [5.41, 5.74) is -5.31. The number of aliphatic hydroxyl groups is 1. The SMILES string of the molecule is O=S(=O)(O)C(O)c1c(F)c(F)c(F)c(F)c1F. The van der Waals surface area contributed by atoms with Crippen LogP contribution in [0.25, 0.3) is 0 Å². The van der Waals surface area contributed by atoms with Gasteiger partial charge in [-0.25, -0.2) is 22.0 Å². The lowest BCUT2D eigenvalue weighted by Gasteiger charge is -2.11. The predicted octanol–water partition coefficient (Wildman–Crippen LogP) is 1.26. The molecule has 1 rings (SSSR count). The van der Waals surface area contributed by atoms with Crippen molar-refractivity contribution in [2.45, 2.75) is 5.44 Å². The fraction of sp³-hybridized carbons (Fsp3) is 0.143. The third kappa shape index (κ3) is 2.23. The Bertz CT molecular complexity index is 541. The van der Waals surface area contributed by atoms with Gasteiger partial charge in [-0.3, -0.25) is 4.55 Å². The van der Waals surface area contributed by atoms with Gasteiger partial charge in [0.1, 0.15) is 0 Å². The molecule has 0 radical (unpaired) electrons. The van der Waals surface area contributed by atoms with Crippen LogP contribution in [-0.2, 0) is 10.1 Å². The van der Waals surface area contributed by atoms with Crippen LogP contribution in [0.15, 0.2) is 0 Å². The van der Waals surface area contributed by atoms with Gasteiger partial charge in [-0.1, -0.05) is 0 Å². The highest BCUT2D eigenvalue weighted by atomic mass is 32.2. The van der Waals surface area contributed by atoms with Gasteiger partial charge in [-0.2, -0.15) is 8.42 Å². The van der Waals surface area contributed by atoms with Gasteiger partial charge in [0.25, 0.3) is 10.1 Å². The Hall–Kier alpha value is -1.26. The summed E-state index contributed by atoms with van der Waals surface area (Å²) < 4.78 is 92.6. The summed E-state index contributed by atoms with van der Waals surface area (Å²) in [5.74, 6) is -12.4. The lowest BCUT2D eigenvalue weighted by Crippen LogP contribution is -2.18. The van der Waals surface area contributed by atoms with E-state index in [2.05, 4.69) is 0 Å². The molecule has 0 aliphatic heterocycles. The van der Waals surface area contributed by atoms with Crippen molar-refractivity contribution in [3.63, 3.8) is 0 Å². The molecule has 0 aromatic heterocycles. The van der Waals surface area contributed by atoms with E-state index in [0.29, 0.717) is 0 Å². The molecular formula is C7H3F5O4S. The molecule has 10 heteroatoms. The molecule has 0 aliphatic carbocycles. The van der Waals surface area contributed by atoms with Gasteiger partial charge >= 0.3 is 0 Å². The molecule has 1 aromatic carbocycles. The first-order valence-electron chi connectivity index (χ1n) is 3.74. The van der Waals surface area contributed by atoms with Crippen LogP contribution in [-0.4, -0.2) is 18.1 Å². The number of halogens is 5.